The van der Waals surface area contributed by atoms with Crippen molar-refractivity contribution in [2.45, 2.75) is 25.3 Å². The van der Waals surface area contributed by atoms with Crippen LogP contribution in [0.3, 0.4) is 0 Å². The van der Waals surface area contributed by atoms with Gasteiger partial charge in [0.25, 0.3) is 0 Å². The summed E-state index contributed by atoms with van der Waals surface area (Å²) in [5, 5.41) is 2.62. The zero-order chi connectivity index (χ0) is 14.0. The van der Waals surface area contributed by atoms with Crippen LogP contribution in [0.4, 0.5) is 5.69 Å². The van der Waals surface area contributed by atoms with E-state index in [2.05, 4.69) is 9.71 Å². The molecule has 0 fully saturated rings. The lowest BCUT2D eigenvalue weighted by Crippen LogP contribution is -2.23. The second kappa shape index (κ2) is 5.28. The third-order valence-electron chi connectivity index (χ3n) is 2.46. The van der Waals surface area contributed by atoms with Crippen molar-refractivity contribution in [1.82, 2.24) is 9.71 Å². The van der Waals surface area contributed by atoms with E-state index in [-0.39, 0.29) is 11.4 Å². The maximum atomic E-state index is 12.1. The van der Waals surface area contributed by atoms with E-state index in [9.17, 15) is 8.42 Å². The maximum Gasteiger partial charge on any atom is 0.241 e. The molecule has 102 valence electrons. The van der Waals surface area contributed by atoms with Gasteiger partial charge in [-0.15, -0.1) is 11.3 Å². The summed E-state index contributed by atoms with van der Waals surface area (Å²) in [6, 6.07) is 4.76. The molecule has 0 atom stereocenters. The molecule has 0 aliphatic rings. The molecule has 2 rings (SSSR count). The number of nitrogen functional groups attached to an aromatic ring is 1. The fourth-order valence-corrected chi connectivity index (χ4v) is 3.58. The van der Waals surface area contributed by atoms with Gasteiger partial charge in [-0.2, -0.15) is 0 Å². The predicted octanol–water partition coefficient (Wildman–Crippen LogP) is 1.82. The van der Waals surface area contributed by atoms with Crippen molar-refractivity contribution < 1.29 is 8.42 Å². The first-order valence-corrected chi connectivity index (χ1v) is 8.01. The van der Waals surface area contributed by atoms with Crippen molar-refractivity contribution in [3.63, 3.8) is 0 Å². The first-order chi connectivity index (χ1) is 8.87. The number of nitrogens with zero attached hydrogens (tertiary/aromatic N) is 1. The molecule has 5 nitrogen and oxygen atoms in total. The lowest BCUT2D eigenvalue weighted by atomic mass is 10.2. The zero-order valence-electron chi connectivity index (χ0n) is 10.7. The number of aromatic nitrogens is 1. The molecule has 0 bridgehead atoms. The van der Waals surface area contributed by atoms with Crippen molar-refractivity contribution in [2.24, 2.45) is 0 Å². The van der Waals surface area contributed by atoms with Crippen LogP contribution >= 0.6 is 11.3 Å². The molecule has 0 radical (unpaired) electrons. The van der Waals surface area contributed by atoms with Crippen LogP contribution in [-0.2, 0) is 16.6 Å². The third kappa shape index (κ3) is 3.52. The Labute approximate surface area is 116 Å². The number of rotatable bonds is 4. The summed E-state index contributed by atoms with van der Waals surface area (Å²) < 4.78 is 26.8. The Kier molecular flexibility index (Phi) is 3.88. The van der Waals surface area contributed by atoms with Crippen molar-refractivity contribution in [2.75, 3.05) is 5.73 Å². The average molecular weight is 297 g/mol. The Balaban J connectivity index is 2.18. The van der Waals surface area contributed by atoms with E-state index in [1.54, 1.807) is 19.1 Å². The molecular weight excluding hydrogens is 282 g/mol. The quantitative estimate of drug-likeness (QED) is 0.843. The molecule has 1 aromatic carbocycles. The molecular formula is C12H15N3O2S2. The molecule has 0 amide bonds. The van der Waals surface area contributed by atoms with Crippen LogP contribution in [0.2, 0.25) is 0 Å². The van der Waals surface area contributed by atoms with Gasteiger partial charge < -0.3 is 5.73 Å². The van der Waals surface area contributed by atoms with Gasteiger partial charge in [-0.05, 0) is 37.6 Å². The van der Waals surface area contributed by atoms with Crippen LogP contribution in [0.5, 0.6) is 0 Å². The molecule has 0 saturated carbocycles. The molecule has 0 saturated heterocycles. The molecule has 0 aliphatic carbocycles. The van der Waals surface area contributed by atoms with Crippen LogP contribution in [0.15, 0.2) is 28.5 Å². The summed E-state index contributed by atoms with van der Waals surface area (Å²) in [5.74, 6) is 0. The van der Waals surface area contributed by atoms with E-state index in [0.29, 0.717) is 5.69 Å². The van der Waals surface area contributed by atoms with Crippen molar-refractivity contribution in [3.8, 4) is 0 Å². The number of thiazole rings is 1. The summed E-state index contributed by atoms with van der Waals surface area (Å²) in [4.78, 5) is 4.39. The minimum absolute atomic E-state index is 0.179. The summed E-state index contributed by atoms with van der Waals surface area (Å²) in [6.45, 7) is 3.87. The third-order valence-corrected chi connectivity index (χ3v) is 4.81. The van der Waals surface area contributed by atoms with Gasteiger partial charge in [-0.25, -0.2) is 18.1 Å². The fourth-order valence-electron chi connectivity index (χ4n) is 1.66. The number of benzene rings is 1. The van der Waals surface area contributed by atoms with Gasteiger partial charge in [0, 0.05) is 16.8 Å². The SMILES string of the molecule is Cc1cc(N)cc(S(=O)(=O)NCc2nc(C)cs2)c1. The Morgan fingerprint density at radius 1 is 1.32 bits per heavy atom. The largest absolute Gasteiger partial charge is 0.399 e. The van der Waals surface area contributed by atoms with Crippen LogP contribution in [0, 0.1) is 13.8 Å². The fraction of sp³-hybridized carbons (Fsp3) is 0.250. The molecule has 0 unspecified atom stereocenters. The number of nitrogens with one attached hydrogen (secondary N) is 1. The van der Waals surface area contributed by atoms with Gasteiger partial charge in [0.1, 0.15) is 5.01 Å². The zero-order valence-corrected chi connectivity index (χ0v) is 12.3. The summed E-state index contributed by atoms with van der Waals surface area (Å²) in [6.07, 6.45) is 0. The van der Waals surface area contributed by atoms with Crippen molar-refractivity contribution in [3.05, 3.63) is 39.8 Å². The standard InChI is InChI=1S/C12H15N3O2S2/c1-8-3-10(13)5-11(4-8)19(16,17)14-6-12-15-9(2)7-18-12/h3-5,7,14H,6,13H2,1-2H3. The normalized spacial score (nSPS) is 11.7. The van der Waals surface area contributed by atoms with Gasteiger partial charge >= 0.3 is 0 Å². The lowest BCUT2D eigenvalue weighted by Gasteiger charge is -2.07. The highest BCUT2D eigenvalue weighted by atomic mass is 32.2. The van der Waals surface area contributed by atoms with E-state index in [1.807, 2.05) is 12.3 Å². The molecule has 0 spiro atoms. The first-order valence-electron chi connectivity index (χ1n) is 5.65. The minimum Gasteiger partial charge on any atom is -0.399 e. The maximum absolute atomic E-state index is 12.1. The summed E-state index contributed by atoms with van der Waals surface area (Å²) in [5.41, 5.74) is 7.80. The van der Waals surface area contributed by atoms with E-state index < -0.39 is 10.0 Å². The summed E-state index contributed by atoms with van der Waals surface area (Å²) >= 11 is 1.43. The highest BCUT2D eigenvalue weighted by molar-refractivity contribution is 7.89. The monoisotopic (exact) mass is 297 g/mol. The molecule has 2 aromatic rings. The van der Waals surface area contributed by atoms with Crippen molar-refractivity contribution >= 4 is 27.0 Å². The number of aryl methyl sites for hydroxylation is 2. The highest BCUT2D eigenvalue weighted by Gasteiger charge is 2.15. The van der Waals surface area contributed by atoms with Gasteiger partial charge in [-0.3, -0.25) is 0 Å². The Hall–Kier alpha value is -1.44. The first kappa shape index (κ1) is 14.0. The molecule has 1 aromatic heterocycles. The van der Waals surface area contributed by atoms with E-state index in [1.165, 1.54) is 17.4 Å². The minimum atomic E-state index is -3.56. The van der Waals surface area contributed by atoms with E-state index >= 15 is 0 Å². The number of sulfonamides is 1. The number of hydrogen-bond acceptors (Lipinski definition) is 5. The molecule has 3 N–H and O–H groups in total. The summed E-state index contributed by atoms with van der Waals surface area (Å²) in [7, 11) is -3.56. The van der Waals surface area contributed by atoms with Crippen LogP contribution < -0.4 is 10.5 Å². The number of nitrogens with two attached hydrogens (primary N) is 1. The molecule has 0 aliphatic heterocycles. The smallest absolute Gasteiger partial charge is 0.241 e. The topological polar surface area (TPSA) is 85.1 Å². The van der Waals surface area contributed by atoms with Gasteiger partial charge in [-0.1, -0.05) is 0 Å². The van der Waals surface area contributed by atoms with E-state index in [0.717, 1.165) is 16.3 Å². The Morgan fingerprint density at radius 2 is 2.05 bits per heavy atom. The second-order valence-corrected chi connectivity index (χ2v) is 7.00. The van der Waals surface area contributed by atoms with E-state index in [4.69, 9.17) is 5.73 Å². The number of anilines is 1. The van der Waals surface area contributed by atoms with Crippen LogP contribution in [0.25, 0.3) is 0 Å². The van der Waals surface area contributed by atoms with Gasteiger partial charge in [0.15, 0.2) is 0 Å². The molecule has 19 heavy (non-hydrogen) atoms. The van der Waals surface area contributed by atoms with Gasteiger partial charge in [0.05, 0.1) is 11.4 Å². The Morgan fingerprint density at radius 3 is 2.63 bits per heavy atom. The molecule has 1 heterocycles. The average Bonchev–Trinajstić information content (AvgIpc) is 2.71. The Bertz CT molecular complexity index is 673. The van der Waals surface area contributed by atoms with Crippen LogP contribution in [0.1, 0.15) is 16.3 Å². The van der Waals surface area contributed by atoms with Gasteiger partial charge in [0.2, 0.25) is 10.0 Å². The lowest BCUT2D eigenvalue weighted by molar-refractivity contribution is 0.581. The predicted molar refractivity (Wildman–Crippen MR) is 76.5 cm³/mol. The number of hydrogen-bond donors (Lipinski definition) is 2. The second-order valence-electron chi connectivity index (χ2n) is 4.29. The molecule has 7 heteroatoms. The highest BCUT2D eigenvalue weighted by Crippen LogP contribution is 2.17. The van der Waals surface area contributed by atoms with Crippen molar-refractivity contribution in [1.29, 1.82) is 0 Å². The van der Waals surface area contributed by atoms with Crippen LogP contribution in [-0.4, -0.2) is 13.4 Å².